The van der Waals surface area contributed by atoms with E-state index in [0.29, 0.717) is 18.1 Å². The number of pyridine rings is 1. The van der Waals surface area contributed by atoms with E-state index >= 15 is 0 Å². The lowest BCUT2D eigenvalue weighted by atomic mass is 10.4. The van der Waals surface area contributed by atoms with Gasteiger partial charge in [-0.15, -0.1) is 0 Å². The van der Waals surface area contributed by atoms with Gasteiger partial charge in [0.2, 0.25) is 5.88 Å². The highest BCUT2D eigenvalue weighted by Gasteiger charge is 2.14. The number of amides is 2. The molecule has 0 bridgehead atoms. The number of urea groups is 1. The van der Waals surface area contributed by atoms with Gasteiger partial charge in [-0.3, -0.25) is 0 Å². The van der Waals surface area contributed by atoms with Crippen LogP contribution < -0.4 is 15.4 Å². The Morgan fingerprint density at radius 1 is 1.45 bits per heavy atom. The molecule has 1 aromatic heterocycles. The van der Waals surface area contributed by atoms with Crippen molar-refractivity contribution in [3.63, 3.8) is 0 Å². The molecule has 1 aliphatic carbocycles. The van der Waals surface area contributed by atoms with Crippen LogP contribution in [0.2, 0.25) is 0 Å². The molecule has 110 valence electrons. The van der Waals surface area contributed by atoms with Crippen LogP contribution in [-0.2, 0) is 0 Å². The lowest BCUT2D eigenvalue weighted by Crippen LogP contribution is -2.30. The van der Waals surface area contributed by atoms with Crippen LogP contribution in [0.4, 0.5) is 10.5 Å². The number of hydrogen-bond acceptors (Lipinski definition) is 4. The van der Waals surface area contributed by atoms with E-state index in [0.717, 1.165) is 11.0 Å². The second-order valence-corrected chi connectivity index (χ2v) is 6.16. The minimum atomic E-state index is -0.191. The predicted molar refractivity (Wildman–Crippen MR) is 82.5 cm³/mol. The summed E-state index contributed by atoms with van der Waals surface area (Å²) in [6, 6.07) is 3.29. The van der Waals surface area contributed by atoms with Crippen molar-refractivity contribution in [3.8, 4) is 5.88 Å². The summed E-state index contributed by atoms with van der Waals surface area (Å²) in [5.41, 5.74) is 0.659. The van der Waals surface area contributed by atoms with Gasteiger partial charge in [-0.05, 0) is 18.9 Å². The third-order valence-corrected chi connectivity index (χ3v) is 4.63. The first-order valence-electron chi connectivity index (χ1n) is 6.94. The van der Waals surface area contributed by atoms with Crippen LogP contribution in [0.5, 0.6) is 5.88 Å². The lowest BCUT2D eigenvalue weighted by Gasteiger charge is -2.10. The SMILES string of the molecule is COc1ccc(NC(=O)NCCSC2CCCC2)cn1. The average molecular weight is 295 g/mol. The topological polar surface area (TPSA) is 63.2 Å². The normalized spacial score (nSPS) is 15.1. The number of carbonyl (C=O) groups is 1. The maximum absolute atomic E-state index is 11.7. The maximum atomic E-state index is 11.7. The first-order chi connectivity index (χ1) is 9.78. The Balaban J connectivity index is 1.61. The Kier molecular flexibility index (Phi) is 5.98. The van der Waals surface area contributed by atoms with Gasteiger partial charge in [0.25, 0.3) is 0 Å². The minimum Gasteiger partial charge on any atom is -0.481 e. The standard InChI is InChI=1S/C14H21N3O2S/c1-19-13-7-6-11(10-16-13)17-14(18)15-8-9-20-12-4-2-3-5-12/h6-7,10,12H,2-5,8-9H2,1H3,(H2,15,17,18). The number of nitrogens with one attached hydrogen (secondary N) is 2. The number of nitrogens with zero attached hydrogens (tertiary/aromatic N) is 1. The molecular weight excluding hydrogens is 274 g/mol. The monoisotopic (exact) mass is 295 g/mol. The number of rotatable bonds is 6. The molecule has 2 rings (SSSR count). The van der Waals surface area contributed by atoms with Gasteiger partial charge in [-0.1, -0.05) is 12.8 Å². The summed E-state index contributed by atoms with van der Waals surface area (Å²) in [6.45, 7) is 0.691. The van der Waals surface area contributed by atoms with Crippen LogP contribution in [0, 0.1) is 0 Å². The van der Waals surface area contributed by atoms with E-state index in [2.05, 4.69) is 15.6 Å². The first kappa shape index (κ1) is 15.0. The fraction of sp³-hybridized carbons (Fsp3) is 0.571. The number of carbonyl (C=O) groups excluding carboxylic acids is 1. The third-order valence-electron chi connectivity index (χ3n) is 3.25. The number of aromatic nitrogens is 1. The second-order valence-electron chi connectivity index (χ2n) is 4.75. The molecule has 1 heterocycles. The summed E-state index contributed by atoms with van der Waals surface area (Å²) in [5, 5.41) is 6.39. The molecule has 0 radical (unpaired) electrons. The number of ether oxygens (including phenoxy) is 1. The number of methoxy groups -OCH3 is 1. The summed E-state index contributed by atoms with van der Waals surface area (Å²) < 4.78 is 4.96. The van der Waals surface area contributed by atoms with Gasteiger partial charge >= 0.3 is 6.03 Å². The Morgan fingerprint density at radius 2 is 2.25 bits per heavy atom. The van der Waals surface area contributed by atoms with Gasteiger partial charge in [0.15, 0.2) is 0 Å². The number of thioether (sulfide) groups is 1. The van der Waals surface area contributed by atoms with Crippen molar-refractivity contribution in [2.75, 3.05) is 24.7 Å². The molecule has 2 N–H and O–H groups in total. The molecule has 0 spiro atoms. The molecule has 0 aromatic carbocycles. The van der Waals surface area contributed by atoms with E-state index < -0.39 is 0 Å². The molecule has 0 saturated heterocycles. The van der Waals surface area contributed by atoms with Crippen LogP contribution >= 0.6 is 11.8 Å². The molecule has 0 aliphatic heterocycles. The second kappa shape index (κ2) is 7.99. The molecule has 6 heteroatoms. The van der Waals surface area contributed by atoms with Gasteiger partial charge in [0.1, 0.15) is 0 Å². The first-order valence-corrected chi connectivity index (χ1v) is 7.99. The van der Waals surface area contributed by atoms with Crippen molar-refractivity contribution in [1.29, 1.82) is 0 Å². The van der Waals surface area contributed by atoms with E-state index in [1.54, 1.807) is 25.4 Å². The molecule has 5 nitrogen and oxygen atoms in total. The molecule has 0 unspecified atom stereocenters. The quantitative estimate of drug-likeness (QED) is 0.792. The van der Waals surface area contributed by atoms with E-state index in [-0.39, 0.29) is 6.03 Å². The summed E-state index contributed by atoms with van der Waals surface area (Å²) >= 11 is 1.97. The molecule has 20 heavy (non-hydrogen) atoms. The van der Waals surface area contributed by atoms with Crippen LogP contribution in [-0.4, -0.2) is 35.7 Å². The summed E-state index contributed by atoms with van der Waals surface area (Å²) in [6.07, 6.45) is 6.94. The van der Waals surface area contributed by atoms with Gasteiger partial charge in [-0.25, -0.2) is 9.78 Å². The molecule has 0 atom stereocenters. The Labute approximate surface area is 123 Å². The highest BCUT2D eigenvalue weighted by Crippen LogP contribution is 2.28. The van der Waals surface area contributed by atoms with Gasteiger partial charge < -0.3 is 15.4 Å². The lowest BCUT2D eigenvalue weighted by molar-refractivity contribution is 0.252. The molecular formula is C14H21N3O2S. The van der Waals surface area contributed by atoms with Crippen molar-refractivity contribution in [1.82, 2.24) is 10.3 Å². The fourth-order valence-corrected chi connectivity index (χ4v) is 3.42. The van der Waals surface area contributed by atoms with Crippen molar-refractivity contribution < 1.29 is 9.53 Å². The highest BCUT2D eigenvalue weighted by atomic mass is 32.2. The van der Waals surface area contributed by atoms with Crippen molar-refractivity contribution in [2.45, 2.75) is 30.9 Å². The number of anilines is 1. The van der Waals surface area contributed by atoms with Gasteiger partial charge in [-0.2, -0.15) is 11.8 Å². The minimum absolute atomic E-state index is 0.191. The van der Waals surface area contributed by atoms with Gasteiger partial charge in [0.05, 0.1) is 19.0 Å². The van der Waals surface area contributed by atoms with E-state index in [1.165, 1.54) is 25.7 Å². The van der Waals surface area contributed by atoms with Crippen LogP contribution in [0.25, 0.3) is 0 Å². The van der Waals surface area contributed by atoms with E-state index in [1.807, 2.05) is 11.8 Å². The maximum Gasteiger partial charge on any atom is 0.319 e. The summed E-state index contributed by atoms with van der Waals surface area (Å²) in [7, 11) is 1.56. The zero-order chi connectivity index (χ0) is 14.2. The average Bonchev–Trinajstić information content (AvgIpc) is 2.98. The summed E-state index contributed by atoms with van der Waals surface area (Å²) in [4.78, 5) is 15.7. The Hall–Kier alpha value is -1.43. The van der Waals surface area contributed by atoms with Crippen molar-refractivity contribution in [3.05, 3.63) is 18.3 Å². The molecule has 2 amide bonds. The molecule has 1 aromatic rings. The van der Waals surface area contributed by atoms with E-state index in [4.69, 9.17) is 4.74 Å². The predicted octanol–water partition coefficient (Wildman–Crippen LogP) is 2.89. The van der Waals surface area contributed by atoms with Crippen LogP contribution in [0.15, 0.2) is 18.3 Å². The van der Waals surface area contributed by atoms with E-state index in [9.17, 15) is 4.79 Å². The van der Waals surface area contributed by atoms with Crippen molar-refractivity contribution >= 4 is 23.5 Å². The zero-order valence-corrected chi connectivity index (χ0v) is 12.5. The Morgan fingerprint density at radius 3 is 2.90 bits per heavy atom. The largest absolute Gasteiger partial charge is 0.481 e. The molecule has 1 fully saturated rings. The van der Waals surface area contributed by atoms with Crippen LogP contribution in [0.3, 0.4) is 0 Å². The molecule has 1 saturated carbocycles. The third kappa shape index (κ3) is 4.92. The Bertz CT molecular complexity index is 419. The highest BCUT2D eigenvalue weighted by molar-refractivity contribution is 7.99. The fourth-order valence-electron chi connectivity index (χ4n) is 2.20. The summed E-state index contributed by atoms with van der Waals surface area (Å²) in [5.74, 6) is 1.50. The van der Waals surface area contributed by atoms with Crippen molar-refractivity contribution in [2.24, 2.45) is 0 Å². The zero-order valence-electron chi connectivity index (χ0n) is 11.7. The molecule has 1 aliphatic rings. The number of hydrogen-bond donors (Lipinski definition) is 2. The van der Waals surface area contributed by atoms with Gasteiger partial charge in [0, 0.05) is 23.6 Å². The smallest absolute Gasteiger partial charge is 0.319 e. The van der Waals surface area contributed by atoms with Crippen LogP contribution in [0.1, 0.15) is 25.7 Å².